The van der Waals surface area contributed by atoms with Crippen molar-refractivity contribution in [2.45, 2.75) is 26.8 Å². The molecular weight excluding hydrogens is 429 g/mol. The number of hydrogen-bond donors (Lipinski definition) is 0. The van der Waals surface area contributed by atoms with Gasteiger partial charge in [-0.15, -0.1) is 0 Å². The van der Waals surface area contributed by atoms with Crippen LogP contribution in [0.3, 0.4) is 0 Å². The highest BCUT2D eigenvalue weighted by Gasteiger charge is 2.26. The molecule has 0 radical (unpaired) electrons. The first-order valence-corrected chi connectivity index (χ1v) is 10.8. The van der Waals surface area contributed by atoms with Gasteiger partial charge in [-0.2, -0.15) is 0 Å². The monoisotopic (exact) mass is 449 g/mol. The van der Waals surface area contributed by atoms with Crippen molar-refractivity contribution < 1.29 is 13.5 Å². The normalized spacial score (nSPS) is 13.2. The molecule has 0 amide bonds. The summed E-state index contributed by atoms with van der Waals surface area (Å²) in [5.41, 5.74) is 4.51. The molecule has 0 N–H and O–H groups in total. The maximum Gasteiger partial charge on any atom is 0.340 e. The molecule has 0 spiro atoms. The number of benzene rings is 3. The second-order valence-corrected chi connectivity index (χ2v) is 8.51. The van der Waals surface area contributed by atoms with Crippen LogP contribution in [0.5, 0.6) is 5.75 Å². The fourth-order valence-electron chi connectivity index (χ4n) is 4.16. The van der Waals surface area contributed by atoms with Gasteiger partial charge in [-0.25, -0.2) is 9.18 Å². The number of halogens is 2. The minimum Gasteiger partial charge on any atom is -0.471 e. The minimum absolute atomic E-state index is 0.218. The Balaban J connectivity index is 1.61. The topological polar surface area (TPSA) is 42.7 Å². The van der Waals surface area contributed by atoms with Crippen LogP contribution in [0.4, 0.5) is 10.1 Å². The van der Waals surface area contributed by atoms with Crippen LogP contribution in [0.1, 0.15) is 27.8 Å². The highest BCUT2D eigenvalue weighted by atomic mass is 35.5. The Labute approximate surface area is 189 Å². The summed E-state index contributed by atoms with van der Waals surface area (Å²) in [5, 5.41) is 1.24. The zero-order chi connectivity index (χ0) is 22.4. The maximum absolute atomic E-state index is 14.1. The Morgan fingerprint density at radius 1 is 1.09 bits per heavy atom. The fraction of sp³-hybridized carbons (Fsp3) is 0.192. The van der Waals surface area contributed by atoms with E-state index in [1.54, 1.807) is 19.1 Å². The predicted octanol–water partition coefficient (Wildman–Crippen LogP) is 6.15. The van der Waals surface area contributed by atoms with Gasteiger partial charge in [-0.3, -0.25) is 0 Å². The van der Waals surface area contributed by atoms with Crippen molar-refractivity contribution in [2.24, 2.45) is 0 Å². The second-order valence-electron chi connectivity index (χ2n) is 8.10. The summed E-state index contributed by atoms with van der Waals surface area (Å²) in [5.74, 6) is 0.221. The third-order valence-electron chi connectivity index (χ3n) is 6.04. The van der Waals surface area contributed by atoms with Crippen molar-refractivity contribution >= 4 is 28.3 Å². The zero-order valence-electron chi connectivity index (χ0n) is 17.7. The molecule has 5 rings (SSSR count). The molecular formula is C26H21ClFNO3. The number of rotatable bonds is 3. The Bertz CT molecular complexity index is 1400. The first-order valence-electron chi connectivity index (χ1n) is 10.4. The van der Waals surface area contributed by atoms with Gasteiger partial charge in [-0.1, -0.05) is 48.0 Å². The van der Waals surface area contributed by atoms with Gasteiger partial charge in [0.05, 0.1) is 17.1 Å². The van der Waals surface area contributed by atoms with E-state index in [1.807, 2.05) is 48.2 Å². The molecule has 1 aliphatic heterocycles. The van der Waals surface area contributed by atoms with Crippen LogP contribution in [-0.2, 0) is 13.0 Å². The highest BCUT2D eigenvalue weighted by molar-refractivity contribution is 6.33. The number of fused-ring (bicyclic) bond motifs is 3. The molecule has 162 valence electrons. The first-order chi connectivity index (χ1) is 15.4. The average molecular weight is 450 g/mol. The van der Waals surface area contributed by atoms with Crippen molar-refractivity contribution in [3.05, 3.63) is 104 Å². The van der Waals surface area contributed by atoms with Crippen molar-refractivity contribution in [3.63, 3.8) is 0 Å². The number of nitrogens with zero attached hydrogens (tertiary/aromatic N) is 1. The molecule has 0 saturated heterocycles. The highest BCUT2D eigenvalue weighted by Crippen LogP contribution is 2.40. The molecule has 3 aromatic carbocycles. The summed E-state index contributed by atoms with van der Waals surface area (Å²) in [6.07, 6.45) is 0.477. The van der Waals surface area contributed by atoms with Crippen LogP contribution >= 0.6 is 11.6 Å². The third-order valence-corrected chi connectivity index (χ3v) is 6.32. The third kappa shape index (κ3) is 3.53. The van der Waals surface area contributed by atoms with Crippen LogP contribution in [0.15, 0.2) is 63.8 Å². The van der Waals surface area contributed by atoms with Gasteiger partial charge in [0.25, 0.3) is 0 Å². The van der Waals surface area contributed by atoms with Crippen molar-refractivity contribution in [1.82, 2.24) is 0 Å². The Hall–Kier alpha value is -3.31. The van der Waals surface area contributed by atoms with Crippen LogP contribution < -0.4 is 15.3 Å². The van der Waals surface area contributed by atoms with Crippen molar-refractivity contribution in [1.29, 1.82) is 0 Å². The second kappa shape index (κ2) is 7.99. The van der Waals surface area contributed by atoms with E-state index in [0.29, 0.717) is 51.7 Å². The van der Waals surface area contributed by atoms with Gasteiger partial charge in [0.2, 0.25) is 0 Å². The summed E-state index contributed by atoms with van der Waals surface area (Å²) in [7, 11) is 0. The largest absolute Gasteiger partial charge is 0.471 e. The van der Waals surface area contributed by atoms with E-state index in [0.717, 1.165) is 16.5 Å². The molecule has 0 atom stereocenters. The predicted molar refractivity (Wildman–Crippen MR) is 124 cm³/mol. The SMILES string of the molecule is Cc1ccc(N2COc3c(Cl)cc4c(C)c(Cc5ccccc5)c(=O)oc4c3C2)cc1F. The number of ether oxygens (including phenoxy) is 1. The van der Waals surface area contributed by atoms with E-state index in [4.69, 9.17) is 20.8 Å². The van der Waals surface area contributed by atoms with Gasteiger partial charge in [0, 0.05) is 23.1 Å². The van der Waals surface area contributed by atoms with Crippen LogP contribution in [0, 0.1) is 19.7 Å². The van der Waals surface area contributed by atoms with Crippen molar-refractivity contribution in [3.8, 4) is 5.75 Å². The molecule has 1 aromatic heterocycles. The van der Waals surface area contributed by atoms with Gasteiger partial charge in [0.15, 0.2) is 6.73 Å². The first kappa shape index (κ1) is 20.6. The van der Waals surface area contributed by atoms with Crippen LogP contribution in [0.25, 0.3) is 11.0 Å². The minimum atomic E-state index is -0.373. The quantitative estimate of drug-likeness (QED) is 0.352. The zero-order valence-corrected chi connectivity index (χ0v) is 18.5. The summed E-state index contributed by atoms with van der Waals surface area (Å²) < 4.78 is 25.9. The molecule has 1 aliphatic rings. The fourth-order valence-corrected chi connectivity index (χ4v) is 4.44. The lowest BCUT2D eigenvalue weighted by Crippen LogP contribution is -2.32. The van der Waals surface area contributed by atoms with E-state index >= 15 is 0 Å². The lowest BCUT2D eigenvalue weighted by atomic mass is 9.97. The average Bonchev–Trinajstić information content (AvgIpc) is 2.80. The van der Waals surface area contributed by atoms with Crippen LogP contribution in [-0.4, -0.2) is 6.73 Å². The molecule has 32 heavy (non-hydrogen) atoms. The number of anilines is 1. The molecule has 0 fully saturated rings. The lowest BCUT2D eigenvalue weighted by Gasteiger charge is -2.31. The molecule has 0 saturated carbocycles. The summed E-state index contributed by atoms with van der Waals surface area (Å²) in [6.45, 7) is 4.24. The van der Waals surface area contributed by atoms with Gasteiger partial charge >= 0.3 is 5.63 Å². The van der Waals surface area contributed by atoms with E-state index in [1.165, 1.54) is 6.07 Å². The Kier molecular flexibility index (Phi) is 5.14. The van der Waals surface area contributed by atoms with E-state index < -0.39 is 0 Å². The number of hydrogen-bond acceptors (Lipinski definition) is 4. The van der Waals surface area contributed by atoms with Crippen LogP contribution in [0.2, 0.25) is 5.02 Å². The molecule has 4 aromatic rings. The molecule has 2 heterocycles. The molecule has 6 heteroatoms. The summed E-state index contributed by atoms with van der Waals surface area (Å²) in [4.78, 5) is 14.8. The Morgan fingerprint density at radius 3 is 2.62 bits per heavy atom. The summed E-state index contributed by atoms with van der Waals surface area (Å²) in [6, 6.07) is 16.7. The standard InChI is InChI=1S/C26H21ClFNO3/c1-15-8-9-18(11-23(15)28)29-13-21-24-19(12-22(27)25(21)31-14-29)16(2)20(26(30)32-24)10-17-6-4-3-5-7-17/h3-9,11-12H,10,13-14H2,1-2H3. The lowest BCUT2D eigenvalue weighted by molar-refractivity contribution is 0.289. The molecule has 0 aliphatic carbocycles. The molecule has 0 unspecified atom stereocenters. The number of aryl methyl sites for hydroxylation is 2. The smallest absolute Gasteiger partial charge is 0.340 e. The van der Waals surface area contributed by atoms with Gasteiger partial charge in [0.1, 0.15) is 17.1 Å². The maximum atomic E-state index is 14.1. The van der Waals surface area contributed by atoms with Gasteiger partial charge in [-0.05, 0) is 48.7 Å². The van der Waals surface area contributed by atoms with Crippen molar-refractivity contribution in [2.75, 3.05) is 11.6 Å². The molecule has 4 nitrogen and oxygen atoms in total. The Morgan fingerprint density at radius 2 is 1.88 bits per heavy atom. The van der Waals surface area contributed by atoms with Gasteiger partial charge < -0.3 is 14.1 Å². The summed E-state index contributed by atoms with van der Waals surface area (Å²) >= 11 is 6.56. The van der Waals surface area contributed by atoms with E-state index in [-0.39, 0.29) is 18.2 Å². The van der Waals surface area contributed by atoms with E-state index in [9.17, 15) is 9.18 Å². The van der Waals surface area contributed by atoms with E-state index in [2.05, 4.69) is 0 Å². The molecule has 0 bridgehead atoms.